The summed E-state index contributed by atoms with van der Waals surface area (Å²) in [6, 6.07) is 6.50. The van der Waals surface area contributed by atoms with Crippen molar-refractivity contribution in [3.8, 4) is 0 Å². The fourth-order valence-corrected chi connectivity index (χ4v) is 1.91. The van der Waals surface area contributed by atoms with Crippen molar-refractivity contribution >= 4 is 15.9 Å². The van der Waals surface area contributed by atoms with Crippen LogP contribution in [0.5, 0.6) is 0 Å². The van der Waals surface area contributed by atoms with Gasteiger partial charge in [-0.05, 0) is 37.0 Å². The first-order valence-corrected chi connectivity index (χ1v) is 6.19. The van der Waals surface area contributed by atoms with Crippen LogP contribution in [0.2, 0.25) is 0 Å². The molecule has 0 saturated carbocycles. The molecule has 1 unspecified atom stereocenters. The van der Waals surface area contributed by atoms with E-state index in [9.17, 15) is 0 Å². The van der Waals surface area contributed by atoms with Crippen molar-refractivity contribution in [2.45, 2.75) is 25.8 Å². The molecule has 0 aromatic heterocycles. The van der Waals surface area contributed by atoms with Crippen molar-refractivity contribution in [3.63, 3.8) is 0 Å². The Labute approximate surface area is 105 Å². The van der Waals surface area contributed by atoms with Crippen LogP contribution >= 0.6 is 15.9 Å². The molecule has 1 aromatic rings. The Morgan fingerprint density at radius 1 is 1.50 bits per heavy atom. The molecule has 1 aromatic carbocycles. The van der Waals surface area contributed by atoms with E-state index in [1.165, 1.54) is 11.1 Å². The van der Waals surface area contributed by atoms with Crippen molar-refractivity contribution in [1.29, 1.82) is 0 Å². The molecule has 0 heterocycles. The van der Waals surface area contributed by atoms with Crippen LogP contribution in [0.4, 0.5) is 0 Å². The molecule has 0 aliphatic rings. The van der Waals surface area contributed by atoms with Crippen LogP contribution in [0.3, 0.4) is 0 Å². The monoisotopic (exact) mass is 286 g/mol. The number of ether oxygens (including phenoxy) is 1. The lowest BCUT2D eigenvalue weighted by atomic mass is 10.0. The largest absolute Gasteiger partial charge is 0.385 e. The molecule has 3 N–H and O–H groups in total. The number of hydrazine groups is 1. The standard InChI is InChI=1S/C12H19BrN2O/c1-9-8-10(5-6-11(9)13)12(15-14)4-3-7-16-2/h5-6,8,12,15H,3-4,7,14H2,1-2H3. The Kier molecular flexibility index (Phi) is 5.98. The Bertz CT molecular complexity index is 331. The zero-order chi connectivity index (χ0) is 12.0. The topological polar surface area (TPSA) is 47.3 Å². The number of rotatable bonds is 6. The van der Waals surface area contributed by atoms with Crippen molar-refractivity contribution in [2.75, 3.05) is 13.7 Å². The third-order valence-electron chi connectivity index (χ3n) is 2.63. The second-order valence-corrected chi connectivity index (χ2v) is 4.72. The number of benzene rings is 1. The van der Waals surface area contributed by atoms with E-state index < -0.39 is 0 Å². The number of hydrogen-bond donors (Lipinski definition) is 2. The second-order valence-electron chi connectivity index (χ2n) is 3.86. The van der Waals surface area contributed by atoms with Gasteiger partial charge in [0, 0.05) is 24.2 Å². The SMILES string of the molecule is COCCCC(NN)c1ccc(Br)c(C)c1. The quantitative estimate of drug-likeness (QED) is 0.480. The highest BCUT2D eigenvalue weighted by Gasteiger charge is 2.09. The average Bonchev–Trinajstić information content (AvgIpc) is 2.29. The molecule has 0 amide bonds. The number of hydrogen-bond acceptors (Lipinski definition) is 3. The molecule has 3 nitrogen and oxygen atoms in total. The maximum Gasteiger partial charge on any atom is 0.0462 e. The maximum absolute atomic E-state index is 5.57. The number of nitrogens with one attached hydrogen (secondary N) is 1. The predicted octanol–water partition coefficient (Wildman–Crippen LogP) is 2.69. The number of aryl methyl sites for hydroxylation is 1. The highest BCUT2D eigenvalue weighted by atomic mass is 79.9. The Balaban J connectivity index is 2.67. The van der Waals surface area contributed by atoms with Gasteiger partial charge in [-0.15, -0.1) is 0 Å². The minimum Gasteiger partial charge on any atom is -0.385 e. The van der Waals surface area contributed by atoms with Crippen LogP contribution in [-0.2, 0) is 4.74 Å². The molecule has 90 valence electrons. The summed E-state index contributed by atoms with van der Waals surface area (Å²) in [4.78, 5) is 0. The lowest BCUT2D eigenvalue weighted by Gasteiger charge is -2.17. The van der Waals surface area contributed by atoms with Crippen LogP contribution in [0, 0.1) is 6.92 Å². The highest BCUT2D eigenvalue weighted by Crippen LogP contribution is 2.23. The first-order valence-electron chi connectivity index (χ1n) is 5.40. The van der Waals surface area contributed by atoms with E-state index in [0.717, 1.165) is 23.9 Å². The third-order valence-corrected chi connectivity index (χ3v) is 3.52. The fraction of sp³-hybridized carbons (Fsp3) is 0.500. The molecule has 1 rings (SSSR count). The summed E-state index contributed by atoms with van der Waals surface area (Å²) in [5, 5.41) is 0. The molecule has 16 heavy (non-hydrogen) atoms. The van der Waals surface area contributed by atoms with Gasteiger partial charge in [0.05, 0.1) is 0 Å². The summed E-state index contributed by atoms with van der Waals surface area (Å²) >= 11 is 3.49. The van der Waals surface area contributed by atoms with Crippen LogP contribution in [0.15, 0.2) is 22.7 Å². The number of nitrogens with two attached hydrogens (primary N) is 1. The van der Waals surface area contributed by atoms with E-state index in [1.54, 1.807) is 7.11 Å². The van der Waals surface area contributed by atoms with Gasteiger partial charge in [-0.1, -0.05) is 28.1 Å². The van der Waals surface area contributed by atoms with Gasteiger partial charge in [-0.2, -0.15) is 0 Å². The van der Waals surface area contributed by atoms with Gasteiger partial charge in [-0.25, -0.2) is 0 Å². The Morgan fingerprint density at radius 3 is 2.81 bits per heavy atom. The van der Waals surface area contributed by atoms with Crippen molar-refractivity contribution in [2.24, 2.45) is 5.84 Å². The second kappa shape index (κ2) is 7.01. The summed E-state index contributed by atoms with van der Waals surface area (Å²) in [5.74, 6) is 5.57. The highest BCUT2D eigenvalue weighted by molar-refractivity contribution is 9.10. The van der Waals surface area contributed by atoms with Gasteiger partial charge in [0.25, 0.3) is 0 Å². The molecule has 0 bridgehead atoms. The predicted molar refractivity (Wildman–Crippen MR) is 70.1 cm³/mol. The number of methoxy groups -OCH3 is 1. The van der Waals surface area contributed by atoms with E-state index in [0.29, 0.717) is 0 Å². The fourth-order valence-electron chi connectivity index (χ4n) is 1.66. The summed E-state index contributed by atoms with van der Waals surface area (Å²) in [6.07, 6.45) is 1.98. The molecule has 1 atom stereocenters. The summed E-state index contributed by atoms with van der Waals surface area (Å²) < 4.78 is 6.17. The normalized spacial score (nSPS) is 12.8. The molecule has 0 radical (unpaired) electrons. The first kappa shape index (κ1) is 13.6. The van der Waals surface area contributed by atoms with E-state index >= 15 is 0 Å². The van der Waals surface area contributed by atoms with E-state index in [4.69, 9.17) is 10.6 Å². The minimum atomic E-state index is 0.196. The first-order chi connectivity index (χ1) is 7.69. The van der Waals surface area contributed by atoms with Crippen LogP contribution in [0.1, 0.15) is 30.0 Å². The van der Waals surface area contributed by atoms with Gasteiger partial charge in [0.1, 0.15) is 0 Å². The summed E-state index contributed by atoms with van der Waals surface area (Å²) in [5.41, 5.74) is 5.30. The van der Waals surface area contributed by atoms with Gasteiger partial charge in [0.15, 0.2) is 0 Å². The molecule has 4 heteroatoms. The Hall–Kier alpha value is -0.420. The lowest BCUT2D eigenvalue weighted by Crippen LogP contribution is -2.28. The van der Waals surface area contributed by atoms with Crippen molar-refractivity contribution < 1.29 is 4.74 Å². The summed E-state index contributed by atoms with van der Waals surface area (Å²) in [7, 11) is 1.72. The van der Waals surface area contributed by atoms with Gasteiger partial charge in [-0.3, -0.25) is 11.3 Å². The van der Waals surface area contributed by atoms with Gasteiger partial charge < -0.3 is 4.74 Å². The van der Waals surface area contributed by atoms with Crippen molar-refractivity contribution in [3.05, 3.63) is 33.8 Å². The molecule has 0 aliphatic carbocycles. The average molecular weight is 287 g/mol. The van der Waals surface area contributed by atoms with Crippen LogP contribution < -0.4 is 11.3 Å². The van der Waals surface area contributed by atoms with Crippen LogP contribution in [0.25, 0.3) is 0 Å². The van der Waals surface area contributed by atoms with Crippen molar-refractivity contribution in [1.82, 2.24) is 5.43 Å². The summed E-state index contributed by atoms with van der Waals surface area (Å²) in [6.45, 7) is 2.85. The van der Waals surface area contributed by atoms with E-state index in [2.05, 4.69) is 46.5 Å². The zero-order valence-electron chi connectivity index (χ0n) is 9.79. The van der Waals surface area contributed by atoms with Gasteiger partial charge in [0.2, 0.25) is 0 Å². The maximum atomic E-state index is 5.57. The minimum absolute atomic E-state index is 0.196. The van der Waals surface area contributed by atoms with E-state index in [-0.39, 0.29) is 6.04 Å². The Morgan fingerprint density at radius 2 is 2.25 bits per heavy atom. The van der Waals surface area contributed by atoms with E-state index in [1.807, 2.05) is 0 Å². The molecule has 0 saturated heterocycles. The molecule has 0 spiro atoms. The lowest BCUT2D eigenvalue weighted by molar-refractivity contribution is 0.189. The van der Waals surface area contributed by atoms with Gasteiger partial charge >= 0.3 is 0 Å². The molecule has 0 aliphatic heterocycles. The molecular formula is C12H19BrN2O. The third kappa shape index (κ3) is 3.87. The molecule has 0 fully saturated rings. The smallest absolute Gasteiger partial charge is 0.0462 e. The van der Waals surface area contributed by atoms with Crippen LogP contribution in [-0.4, -0.2) is 13.7 Å². The zero-order valence-corrected chi connectivity index (χ0v) is 11.4. The number of halogens is 1. The molecular weight excluding hydrogens is 268 g/mol.